The van der Waals surface area contributed by atoms with Gasteiger partial charge in [0.05, 0.1) is 22.2 Å². The number of fused-ring (bicyclic) bond motifs is 1. The smallest absolute Gasteiger partial charge is 0.260 e. The number of sulfonamides is 1. The molecule has 0 radical (unpaired) electrons. The molecule has 192 valence electrons. The minimum Gasteiger partial charge on any atom is -0.376 e. The van der Waals surface area contributed by atoms with E-state index in [-0.39, 0.29) is 33.8 Å². The maximum atomic E-state index is 14.3. The number of halogens is 2. The normalized spacial score (nSPS) is 19.7. The summed E-state index contributed by atoms with van der Waals surface area (Å²) < 4.78 is 61.6. The van der Waals surface area contributed by atoms with Crippen molar-refractivity contribution in [2.45, 2.75) is 43.6 Å². The lowest BCUT2D eigenvalue weighted by atomic mass is 10.0. The van der Waals surface area contributed by atoms with E-state index in [9.17, 15) is 22.0 Å². The Morgan fingerprint density at radius 3 is 2.56 bits per heavy atom. The van der Waals surface area contributed by atoms with E-state index >= 15 is 0 Å². The van der Waals surface area contributed by atoms with E-state index in [4.69, 9.17) is 4.74 Å². The summed E-state index contributed by atoms with van der Waals surface area (Å²) in [5.74, 6) is -1.43. The number of anilines is 1. The number of carbonyl (C=O) groups excluding carboxylic acids is 1. The fourth-order valence-corrected chi connectivity index (χ4v) is 7.08. The second-order valence-corrected chi connectivity index (χ2v) is 12.3. The Morgan fingerprint density at radius 2 is 1.89 bits per heavy atom. The van der Waals surface area contributed by atoms with E-state index in [1.54, 1.807) is 0 Å². The Labute approximate surface area is 212 Å². The van der Waals surface area contributed by atoms with E-state index < -0.39 is 27.6 Å². The van der Waals surface area contributed by atoms with Crippen LogP contribution in [0.5, 0.6) is 0 Å². The van der Waals surface area contributed by atoms with Gasteiger partial charge in [0, 0.05) is 31.3 Å². The SMILES string of the molecule is CC1CCN(S(=O)(=O)c2ccc(C(=O)N(CC3CCCO3)c3nc4c(F)cc(F)cc4s3)cc2)CC1. The quantitative estimate of drug-likeness (QED) is 0.452. The van der Waals surface area contributed by atoms with Crippen LogP contribution in [0, 0.1) is 17.6 Å². The van der Waals surface area contributed by atoms with Gasteiger partial charge in [0.2, 0.25) is 10.0 Å². The Kier molecular flexibility index (Phi) is 7.08. The van der Waals surface area contributed by atoms with Crippen molar-refractivity contribution in [2.75, 3.05) is 31.1 Å². The number of ether oxygens (including phenoxy) is 1. The van der Waals surface area contributed by atoms with Crippen molar-refractivity contribution < 1.29 is 26.7 Å². The van der Waals surface area contributed by atoms with Crippen molar-refractivity contribution in [3.8, 4) is 0 Å². The second kappa shape index (κ2) is 10.1. The van der Waals surface area contributed by atoms with Crippen LogP contribution in [-0.2, 0) is 14.8 Å². The average molecular weight is 536 g/mol. The van der Waals surface area contributed by atoms with Gasteiger partial charge in [-0.05, 0) is 61.9 Å². The average Bonchev–Trinajstić information content (AvgIpc) is 3.52. The van der Waals surface area contributed by atoms with Crippen molar-refractivity contribution in [1.29, 1.82) is 0 Å². The number of thiazole rings is 1. The van der Waals surface area contributed by atoms with Gasteiger partial charge in [0.1, 0.15) is 11.3 Å². The fraction of sp³-hybridized carbons (Fsp3) is 0.440. The molecule has 0 bridgehead atoms. The fourth-order valence-electron chi connectivity index (χ4n) is 4.60. The number of rotatable bonds is 6. The molecule has 3 aromatic rings. The number of aromatic nitrogens is 1. The molecule has 0 aliphatic carbocycles. The number of hydrogen-bond donors (Lipinski definition) is 0. The van der Waals surface area contributed by atoms with Crippen LogP contribution in [0.15, 0.2) is 41.3 Å². The number of piperidine rings is 1. The molecule has 1 aromatic heterocycles. The molecule has 3 heterocycles. The third-order valence-corrected chi connectivity index (χ3v) is 9.71. The van der Waals surface area contributed by atoms with E-state index in [0.717, 1.165) is 43.1 Å². The molecule has 11 heteroatoms. The van der Waals surface area contributed by atoms with Gasteiger partial charge in [-0.15, -0.1) is 0 Å². The molecule has 2 fully saturated rings. The number of benzene rings is 2. The van der Waals surface area contributed by atoms with E-state index in [2.05, 4.69) is 11.9 Å². The first-order valence-corrected chi connectivity index (χ1v) is 14.3. The van der Waals surface area contributed by atoms with Crippen molar-refractivity contribution >= 4 is 42.6 Å². The maximum Gasteiger partial charge on any atom is 0.260 e. The molecule has 5 rings (SSSR count). The highest BCUT2D eigenvalue weighted by Gasteiger charge is 2.30. The Morgan fingerprint density at radius 1 is 1.17 bits per heavy atom. The van der Waals surface area contributed by atoms with E-state index in [1.807, 2.05) is 0 Å². The zero-order chi connectivity index (χ0) is 25.4. The van der Waals surface area contributed by atoms with E-state index in [0.29, 0.717) is 30.3 Å². The third kappa shape index (κ3) is 5.02. The van der Waals surface area contributed by atoms with Gasteiger partial charge in [-0.3, -0.25) is 9.69 Å². The Hall–Kier alpha value is -2.47. The van der Waals surface area contributed by atoms with Crippen LogP contribution in [0.2, 0.25) is 0 Å². The Balaban J connectivity index is 1.43. The highest BCUT2D eigenvalue weighted by molar-refractivity contribution is 7.89. The molecule has 1 unspecified atom stereocenters. The monoisotopic (exact) mass is 535 g/mol. The molecule has 0 saturated carbocycles. The summed E-state index contributed by atoms with van der Waals surface area (Å²) in [5, 5.41) is 0.231. The van der Waals surface area contributed by atoms with Crippen LogP contribution in [0.3, 0.4) is 0 Å². The number of amides is 1. The first-order chi connectivity index (χ1) is 17.2. The predicted octanol–water partition coefficient (Wildman–Crippen LogP) is 4.82. The van der Waals surface area contributed by atoms with Crippen LogP contribution in [-0.4, -0.2) is 56.0 Å². The first kappa shape index (κ1) is 25.2. The molecule has 2 saturated heterocycles. The van der Waals surface area contributed by atoms with Crippen molar-refractivity contribution in [3.05, 3.63) is 53.6 Å². The van der Waals surface area contributed by atoms with Gasteiger partial charge >= 0.3 is 0 Å². The summed E-state index contributed by atoms with van der Waals surface area (Å²) in [7, 11) is -3.64. The first-order valence-electron chi connectivity index (χ1n) is 12.0. The molecular formula is C25H27F2N3O4S2. The highest BCUT2D eigenvalue weighted by atomic mass is 32.2. The van der Waals surface area contributed by atoms with Gasteiger partial charge < -0.3 is 4.74 Å². The lowest BCUT2D eigenvalue weighted by Crippen LogP contribution is -2.38. The van der Waals surface area contributed by atoms with Gasteiger partial charge in [0.15, 0.2) is 10.9 Å². The molecule has 2 aromatic carbocycles. The summed E-state index contributed by atoms with van der Waals surface area (Å²) in [6.07, 6.45) is 3.07. The zero-order valence-electron chi connectivity index (χ0n) is 19.8. The van der Waals surface area contributed by atoms with E-state index in [1.165, 1.54) is 39.5 Å². The summed E-state index contributed by atoms with van der Waals surface area (Å²) in [5.41, 5.74) is 0.268. The molecule has 7 nitrogen and oxygen atoms in total. The van der Waals surface area contributed by atoms with Crippen LogP contribution < -0.4 is 4.90 Å². The molecule has 1 atom stereocenters. The molecule has 2 aliphatic heterocycles. The van der Waals surface area contributed by atoms with Crippen LogP contribution in [0.25, 0.3) is 10.2 Å². The number of nitrogens with zero attached hydrogens (tertiary/aromatic N) is 3. The minimum atomic E-state index is -3.64. The lowest BCUT2D eigenvalue weighted by molar-refractivity contribution is 0.0917. The summed E-state index contributed by atoms with van der Waals surface area (Å²) in [4.78, 5) is 19.4. The molecular weight excluding hydrogens is 508 g/mol. The molecule has 0 spiro atoms. The third-order valence-electron chi connectivity index (χ3n) is 6.77. The van der Waals surface area contributed by atoms with Gasteiger partial charge in [-0.1, -0.05) is 18.3 Å². The molecule has 2 aliphatic rings. The lowest BCUT2D eigenvalue weighted by Gasteiger charge is -2.29. The largest absolute Gasteiger partial charge is 0.376 e. The number of hydrogen-bond acceptors (Lipinski definition) is 6. The van der Waals surface area contributed by atoms with Gasteiger partial charge in [-0.25, -0.2) is 22.2 Å². The molecule has 1 amide bonds. The van der Waals surface area contributed by atoms with Gasteiger partial charge in [-0.2, -0.15) is 4.31 Å². The van der Waals surface area contributed by atoms with Crippen molar-refractivity contribution in [1.82, 2.24) is 9.29 Å². The summed E-state index contributed by atoms with van der Waals surface area (Å²) in [6, 6.07) is 7.81. The molecule has 0 N–H and O–H groups in total. The Bertz CT molecular complexity index is 1360. The highest BCUT2D eigenvalue weighted by Crippen LogP contribution is 2.33. The van der Waals surface area contributed by atoms with Crippen LogP contribution in [0.1, 0.15) is 43.0 Å². The van der Waals surface area contributed by atoms with Crippen molar-refractivity contribution in [2.24, 2.45) is 5.92 Å². The molecule has 36 heavy (non-hydrogen) atoms. The summed E-state index contributed by atoms with van der Waals surface area (Å²) in [6.45, 7) is 3.87. The van der Waals surface area contributed by atoms with Gasteiger partial charge in [0.25, 0.3) is 5.91 Å². The number of carbonyl (C=O) groups is 1. The van der Waals surface area contributed by atoms with Crippen LogP contribution in [0.4, 0.5) is 13.9 Å². The second-order valence-electron chi connectivity index (χ2n) is 9.39. The maximum absolute atomic E-state index is 14.3. The standard InChI is InChI=1S/C25H27F2N3O4S2/c1-16-8-10-29(11-9-16)36(32,33)20-6-4-17(5-7-20)24(31)30(15-19-3-2-12-34-19)25-28-23-21(27)13-18(26)14-22(23)35-25/h4-7,13-14,16,19H,2-3,8-12,15H2,1H3. The predicted molar refractivity (Wildman–Crippen MR) is 134 cm³/mol. The van der Waals surface area contributed by atoms with Crippen LogP contribution >= 0.6 is 11.3 Å². The topological polar surface area (TPSA) is 79.8 Å². The minimum absolute atomic E-state index is 0.00108. The zero-order valence-corrected chi connectivity index (χ0v) is 21.5. The summed E-state index contributed by atoms with van der Waals surface area (Å²) >= 11 is 1.02. The van der Waals surface area contributed by atoms with Crippen molar-refractivity contribution in [3.63, 3.8) is 0 Å².